The molecule has 0 aliphatic rings. The molecule has 1 aromatic heterocycles. The molecule has 3 rings (SSSR count). The summed E-state index contributed by atoms with van der Waals surface area (Å²) < 4.78 is 14.2. The smallest absolute Gasteiger partial charge is 0.239 e. The Balaban J connectivity index is 1.50. The molecule has 0 unspecified atom stereocenters. The summed E-state index contributed by atoms with van der Waals surface area (Å²) in [6, 6.07) is 14.2. The van der Waals surface area contributed by atoms with E-state index in [9.17, 15) is 9.18 Å². The van der Waals surface area contributed by atoms with Crippen LogP contribution in [0.1, 0.15) is 11.9 Å². The lowest BCUT2D eigenvalue weighted by Gasteiger charge is -2.22. The highest BCUT2D eigenvalue weighted by Crippen LogP contribution is 2.21. The number of carbonyl (C=O) groups is 1. The summed E-state index contributed by atoms with van der Waals surface area (Å²) in [7, 11) is 0. The first-order chi connectivity index (χ1) is 12.2. The zero-order chi connectivity index (χ0) is 17.6. The number of nitrogens with zero attached hydrogens (tertiary/aromatic N) is 2. The van der Waals surface area contributed by atoms with Crippen LogP contribution >= 0.6 is 11.3 Å². The van der Waals surface area contributed by atoms with Crippen LogP contribution in [0.15, 0.2) is 48.5 Å². The Morgan fingerprint density at radius 3 is 2.68 bits per heavy atom. The molecule has 0 saturated heterocycles. The maximum atomic E-state index is 13.0. The van der Waals surface area contributed by atoms with Gasteiger partial charge in [0.15, 0.2) is 0 Å². The monoisotopic (exact) mass is 357 g/mol. The molecule has 1 N–H and O–H groups in total. The third-order valence-electron chi connectivity index (χ3n) is 3.91. The third kappa shape index (κ3) is 4.54. The van der Waals surface area contributed by atoms with E-state index in [0.29, 0.717) is 19.5 Å². The molecular formula is C19H20FN3OS. The molecular weight excluding hydrogens is 337 g/mol. The normalized spacial score (nSPS) is 10.8. The van der Waals surface area contributed by atoms with E-state index in [1.54, 1.807) is 23.5 Å². The number of likely N-dealkylation sites (N-methyl/N-ethyl adjacent to an activating group) is 1. The molecule has 0 aliphatic heterocycles. The molecule has 4 nitrogen and oxygen atoms in total. The Bertz CT molecular complexity index is 814. The Labute approximate surface area is 150 Å². The zero-order valence-corrected chi connectivity index (χ0v) is 14.9. The van der Waals surface area contributed by atoms with Crippen molar-refractivity contribution < 1.29 is 9.18 Å². The summed E-state index contributed by atoms with van der Waals surface area (Å²) in [6.07, 6.45) is 0.716. The third-order valence-corrected chi connectivity index (χ3v) is 5.00. The highest BCUT2D eigenvalue weighted by molar-refractivity contribution is 7.18. The fourth-order valence-electron chi connectivity index (χ4n) is 2.60. The molecule has 2 aromatic carbocycles. The Kier molecular flexibility index (Phi) is 5.60. The number of rotatable bonds is 7. The van der Waals surface area contributed by atoms with Crippen molar-refractivity contribution in [1.29, 1.82) is 0 Å². The van der Waals surface area contributed by atoms with E-state index in [2.05, 4.69) is 16.4 Å². The van der Waals surface area contributed by atoms with Crippen LogP contribution in [0.5, 0.6) is 0 Å². The number of aromatic nitrogens is 1. The van der Waals surface area contributed by atoms with E-state index in [1.807, 2.05) is 30.0 Å². The van der Waals surface area contributed by atoms with Gasteiger partial charge in [0.1, 0.15) is 5.82 Å². The van der Waals surface area contributed by atoms with Crippen molar-refractivity contribution in [3.63, 3.8) is 0 Å². The number of para-hydroxylation sites is 1. The van der Waals surface area contributed by atoms with E-state index >= 15 is 0 Å². The van der Waals surface area contributed by atoms with Crippen LogP contribution in [0, 0.1) is 5.82 Å². The Morgan fingerprint density at radius 2 is 1.96 bits per heavy atom. The maximum absolute atomic E-state index is 13.0. The average Bonchev–Trinajstić information content (AvgIpc) is 3.03. The van der Waals surface area contributed by atoms with Gasteiger partial charge in [-0.25, -0.2) is 9.37 Å². The lowest BCUT2D eigenvalue weighted by Crippen LogP contribution is -2.38. The molecule has 3 aromatic rings. The van der Waals surface area contributed by atoms with Crippen LogP contribution in [0.25, 0.3) is 10.2 Å². The summed E-state index contributed by atoms with van der Waals surface area (Å²) >= 11 is 1.66. The number of amides is 1. The topological polar surface area (TPSA) is 45.2 Å². The molecule has 0 saturated carbocycles. The second-order valence-electron chi connectivity index (χ2n) is 5.67. The van der Waals surface area contributed by atoms with E-state index in [-0.39, 0.29) is 18.3 Å². The summed E-state index contributed by atoms with van der Waals surface area (Å²) in [6.45, 7) is 3.45. The van der Waals surface area contributed by atoms with Crippen molar-refractivity contribution in [2.45, 2.75) is 13.3 Å². The summed E-state index contributed by atoms with van der Waals surface area (Å²) in [5.41, 5.74) is 1.84. The number of hydrogen-bond donors (Lipinski definition) is 1. The quantitative estimate of drug-likeness (QED) is 0.702. The first kappa shape index (κ1) is 17.4. The molecule has 0 aliphatic carbocycles. The first-order valence-corrected chi connectivity index (χ1v) is 9.09. The number of halogens is 1. The van der Waals surface area contributed by atoms with Gasteiger partial charge in [-0.3, -0.25) is 4.79 Å². The fourth-order valence-corrected chi connectivity index (χ4v) is 3.57. The van der Waals surface area contributed by atoms with Crippen LogP contribution in [-0.4, -0.2) is 30.5 Å². The molecule has 25 heavy (non-hydrogen) atoms. The van der Waals surface area contributed by atoms with Crippen LogP contribution in [0.3, 0.4) is 0 Å². The van der Waals surface area contributed by atoms with Crippen LogP contribution in [0.4, 0.5) is 10.1 Å². The van der Waals surface area contributed by atoms with Gasteiger partial charge in [0.25, 0.3) is 0 Å². The molecule has 0 atom stereocenters. The predicted octanol–water partition coefficient (Wildman–Crippen LogP) is 3.62. The molecule has 0 spiro atoms. The van der Waals surface area contributed by atoms with Crippen LogP contribution in [-0.2, 0) is 11.2 Å². The summed E-state index contributed by atoms with van der Waals surface area (Å²) in [5, 5.41) is 3.95. The predicted molar refractivity (Wildman–Crippen MR) is 101 cm³/mol. The second kappa shape index (κ2) is 8.07. The molecule has 1 amide bonds. The molecule has 1 heterocycles. The van der Waals surface area contributed by atoms with Gasteiger partial charge in [-0.15, -0.1) is 11.3 Å². The van der Waals surface area contributed by atoms with Crippen molar-refractivity contribution in [2.24, 2.45) is 0 Å². The van der Waals surface area contributed by atoms with Crippen LogP contribution in [0.2, 0.25) is 0 Å². The van der Waals surface area contributed by atoms with E-state index in [4.69, 9.17) is 0 Å². The van der Waals surface area contributed by atoms with Crippen molar-refractivity contribution >= 4 is 33.1 Å². The SMILES string of the molecule is CCN(CC(=O)NCCc1nc2ccccc2s1)c1ccc(F)cc1. The van der Waals surface area contributed by atoms with E-state index in [0.717, 1.165) is 20.9 Å². The lowest BCUT2D eigenvalue weighted by molar-refractivity contribution is -0.119. The van der Waals surface area contributed by atoms with E-state index < -0.39 is 0 Å². The van der Waals surface area contributed by atoms with Crippen LogP contribution < -0.4 is 10.2 Å². The van der Waals surface area contributed by atoms with Gasteiger partial charge in [-0.2, -0.15) is 0 Å². The number of thiazole rings is 1. The number of carbonyl (C=O) groups excluding carboxylic acids is 1. The molecule has 6 heteroatoms. The maximum Gasteiger partial charge on any atom is 0.239 e. The Morgan fingerprint density at radius 1 is 1.20 bits per heavy atom. The van der Waals surface area contributed by atoms with Gasteiger partial charge < -0.3 is 10.2 Å². The lowest BCUT2D eigenvalue weighted by atomic mass is 10.2. The molecule has 0 radical (unpaired) electrons. The van der Waals surface area contributed by atoms with Crippen molar-refractivity contribution in [2.75, 3.05) is 24.5 Å². The van der Waals surface area contributed by atoms with Crippen molar-refractivity contribution in [3.8, 4) is 0 Å². The largest absolute Gasteiger partial charge is 0.362 e. The van der Waals surface area contributed by atoms with Gasteiger partial charge in [0, 0.05) is 25.2 Å². The van der Waals surface area contributed by atoms with E-state index in [1.165, 1.54) is 12.1 Å². The minimum Gasteiger partial charge on any atom is -0.362 e. The van der Waals surface area contributed by atoms with Gasteiger partial charge in [-0.1, -0.05) is 12.1 Å². The fraction of sp³-hybridized carbons (Fsp3) is 0.263. The molecule has 0 fully saturated rings. The molecule has 0 bridgehead atoms. The van der Waals surface area contributed by atoms with Gasteiger partial charge in [0.05, 0.1) is 21.8 Å². The van der Waals surface area contributed by atoms with Crippen molar-refractivity contribution in [3.05, 3.63) is 59.4 Å². The standard InChI is InChI=1S/C19H20FN3OS/c1-2-23(15-9-7-14(20)8-10-15)13-18(24)21-12-11-19-22-16-5-3-4-6-17(16)25-19/h3-10H,2,11-13H2,1H3,(H,21,24). The number of hydrogen-bond acceptors (Lipinski definition) is 4. The first-order valence-electron chi connectivity index (χ1n) is 8.27. The minimum atomic E-state index is -0.278. The van der Waals surface area contributed by atoms with Gasteiger partial charge in [0.2, 0.25) is 5.91 Å². The average molecular weight is 357 g/mol. The second-order valence-corrected chi connectivity index (χ2v) is 6.78. The summed E-state index contributed by atoms with van der Waals surface area (Å²) in [4.78, 5) is 18.6. The number of anilines is 1. The minimum absolute atomic E-state index is 0.0488. The number of fused-ring (bicyclic) bond motifs is 1. The Hall–Kier alpha value is -2.47. The highest BCUT2D eigenvalue weighted by atomic mass is 32.1. The number of nitrogens with one attached hydrogen (secondary N) is 1. The van der Waals surface area contributed by atoms with Gasteiger partial charge in [-0.05, 0) is 43.3 Å². The highest BCUT2D eigenvalue weighted by Gasteiger charge is 2.10. The molecule has 130 valence electrons. The number of benzene rings is 2. The van der Waals surface area contributed by atoms with Gasteiger partial charge >= 0.3 is 0 Å². The summed E-state index contributed by atoms with van der Waals surface area (Å²) in [5.74, 6) is -0.327. The zero-order valence-electron chi connectivity index (χ0n) is 14.0. The van der Waals surface area contributed by atoms with Crippen molar-refractivity contribution in [1.82, 2.24) is 10.3 Å².